The number of likely N-dealkylation sites (tertiary alicyclic amines) is 1. The number of anilines is 1. The summed E-state index contributed by atoms with van der Waals surface area (Å²) < 4.78 is 0.855. The highest BCUT2D eigenvalue weighted by molar-refractivity contribution is 8.01. The molecule has 2 atom stereocenters. The third-order valence-corrected chi connectivity index (χ3v) is 6.01. The van der Waals surface area contributed by atoms with Gasteiger partial charge in [0.1, 0.15) is 0 Å². The number of carbonyl (C=O) groups is 2. The maximum Gasteiger partial charge on any atom is 0.231 e. The van der Waals surface area contributed by atoms with Gasteiger partial charge >= 0.3 is 0 Å². The molecular formula is C15H24N4O2S2. The van der Waals surface area contributed by atoms with Crippen molar-refractivity contribution in [1.82, 2.24) is 15.1 Å². The monoisotopic (exact) mass is 356 g/mol. The first-order valence-corrected chi connectivity index (χ1v) is 9.51. The number of hydrogen-bond acceptors (Lipinski definition) is 6. The van der Waals surface area contributed by atoms with Gasteiger partial charge in [0.15, 0.2) is 4.34 Å². The first-order chi connectivity index (χ1) is 10.7. The number of nitrogens with zero attached hydrogens (tertiary/aromatic N) is 3. The second kappa shape index (κ2) is 7.17. The van der Waals surface area contributed by atoms with Crippen molar-refractivity contribution >= 4 is 40.0 Å². The van der Waals surface area contributed by atoms with E-state index in [0.29, 0.717) is 16.9 Å². The number of nitrogens with one attached hydrogen (secondary N) is 1. The van der Waals surface area contributed by atoms with Crippen LogP contribution in [0.25, 0.3) is 0 Å². The minimum absolute atomic E-state index is 0.0305. The zero-order chi connectivity index (χ0) is 17.2. The van der Waals surface area contributed by atoms with Crippen LogP contribution in [-0.4, -0.2) is 44.2 Å². The van der Waals surface area contributed by atoms with Crippen molar-refractivity contribution in [3.63, 3.8) is 0 Å². The molecule has 2 heterocycles. The summed E-state index contributed by atoms with van der Waals surface area (Å²) in [6.07, 6.45) is 1.31. The first-order valence-electron chi connectivity index (χ1n) is 7.82. The van der Waals surface area contributed by atoms with Crippen LogP contribution in [0.3, 0.4) is 0 Å². The van der Waals surface area contributed by atoms with Crippen molar-refractivity contribution in [3.05, 3.63) is 0 Å². The van der Waals surface area contributed by atoms with E-state index < -0.39 is 0 Å². The van der Waals surface area contributed by atoms with E-state index in [1.807, 2.05) is 20.8 Å². The van der Waals surface area contributed by atoms with Crippen LogP contribution in [0.4, 0.5) is 5.13 Å². The van der Waals surface area contributed by atoms with Gasteiger partial charge in [0.25, 0.3) is 0 Å². The Morgan fingerprint density at radius 3 is 2.74 bits per heavy atom. The predicted octanol–water partition coefficient (Wildman–Crippen LogP) is 3.01. The molecule has 1 N–H and O–H groups in total. The molecule has 1 aliphatic heterocycles. The molecule has 0 bridgehead atoms. The van der Waals surface area contributed by atoms with Crippen molar-refractivity contribution in [1.29, 1.82) is 0 Å². The summed E-state index contributed by atoms with van der Waals surface area (Å²) in [7, 11) is 0. The number of carbonyl (C=O) groups excluding carboxylic acids is 2. The van der Waals surface area contributed by atoms with E-state index in [1.165, 1.54) is 11.3 Å². The number of aromatic nitrogens is 2. The summed E-state index contributed by atoms with van der Waals surface area (Å²) >= 11 is 3.04. The lowest BCUT2D eigenvalue weighted by molar-refractivity contribution is -0.131. The Labute approximate surface area is 145 Å². The average Bonchev–Trinajstić information content (AvgIpc) is 3.04. The third-order valence-electron chi connectivity index (χ3n) is 3.82. The van der Waals surface area contributed by atoms with Crippen LogP contribution < -0.4 is 5.32 Å². The summed E-state index contributed by atoms with van der Waals surface area (Å²) in [4.78, 5) is 26.2. The highest BCUT2D eigenvalue weighted by Gasteiger charge is 2.39. The molecule has 0 aromatic carbocycles. The average molecular weight is 357 g/mol. The van der Waals surface area contributed by atoms with Gasteiger partial charge in [0.2, 0.25) is 16.9 Å². The second-order valence-electron chi connectivity index (χ2n) is 6.78. The fourth-order valence-electron chi connectivity index (χ4n) is 2.30. The fraction of sp³-hybridized carbons (Fsp3) is 0.733. The normalized spacial score (nSPS) is 20.0. The molecule has 128 valence electrons. The van der Waals surface area contributed by atoms with Crippen LogP contribution in [-0.2, 0) is 9.59 Å². The Balaban J connectivity index is 1.94. The molecular weight excluding hydrogens is 332 g/mol. The molecule has 8 heteroatoms. The summed E-state index contributed by atoms with van der Waals surface area (Å²) in [5, 5.41) is 11.9. The van der Waals surface area contributed by atoms with E-state index in [1.54, 1.807) is 16.7 Å². The van der Waals surface area contributed by atoms with Gasteiger partial charge in [-0.05, 0) is 27.2 Å². The lowest BCUT2D eigenvalue weighted by Gasteiger charge is -2.31. The molecule has 1 saturated heterocycles. The zero-order valence-corrected chi connectivity index (χ0v) is 15.9. The summed E-state index contributed by atoms with van der Waals surface area (Å²) in [5.74, 6) is -0.444. The number of thioether (sulfide) groups is 1. The first kappa shape index (κ1) is 18.2. The summed E-state index contributed by atoms with van der Waals surface area (Å²) in [5.41, 5.74) is -0.255. The van der Waals surface area contributed by atoms with Crippen molar-refractivity contribution in [2.75, 3.05) is 11.9 Å². The minimum atomic E-state index is -0.323. The quantitative estimate of drug-likeness (QED) is 0.648. The minimum Gasteiger partial charge on any atom is -0.337 e. The van der Waals surface area contributed by atoms with Crippen molar-refractivity contribution in [2.24, 2.45) is 5.92 Å². The van der Waals surface area contributed by atoms with Gasteiger partial charge < -0.3 is 10.2 Å². The standard InChI is InChI=1S/C15H24N4O2S2/c1-6-9(2)22-14-18-17-13(23-14)16-12(21)10-7-11(20)19(8-10)15(3,4)5/h9-10H,6-8H2,1-5H3,(H,16,17,21)/t9-,10+/m1/s1. The fourth-order valence-corrected chi connectivity index (χ4v) is 4.30. The van der Waals surface area contributed by atoms with Gasteiger partial charge in [-0.25, -0.2) is 0 Å². The van der Waals surface area contributed by atoms with E-state index in [2.05, 4.69) is 29.4 Å². The molecule has 1 aromatic rings. The SMILES string of the molecule is CC[C@@H](C)Sc1nnc(NC(=O)[C@H]2CC(=O)N(C(C)(C)C)C2)s1. The summed E-state index contributed by atoms with van der Waals surface area (Å²) in [6.45, 7) is 10.7. The molecule has 0 spiro atoms. The van der Waals surface area contributed by atoms with Crippen LogP contribution in [0.5, 0.6) is 0 Å². The van der Waals surface area contributed by atoms with Crippen LogP contribution in [0.15, 0.2) is 4.34 Å². The zero-order valence-electron chi connectivity index (χ0n) is 14.3. The molecule has 0 saturated carbocycles. The molecule has 1 fully saturated rings. The maximum absolute atomic E-state index is 12.4. The van der Waals surface area contributed by atoms with E-state index >= 15 is 0 Å². The topological polar surface area (TPSA) is 75.2 Å². The Bertz CT molecular complexity index is 582. The van der Waals surface area contributed by atoms with Crippen LogP contribution in [0, 0.1) is 5.92 Å². The molecule has 0 radical (unpaired) electrons. The highest BCUT2D eigenvalue weighted by Crippen LogP contribution is 2.31. The molecule has 0 aliphatic carbocycles. The number of amides is 2. The van der Waals surface area contributed by atoms with Gasteiger partial charge in [-0.15, -0.1) is 10.2 Å². The Kier molecular flexibility index (Phi) is 5.67. The number of rotatable bonds is 5. The Morgan fingerprint density at radius 1 is 1.48 bits per heavy atom. The van der Waals surface area contributed by atoms with Gasteiger partial charge in [0, 0.05) is 23.8 Å². The molecule has 1 aromatic heterocycles. The molecule has 0 unspecified atom stereocenters. The van der Waals surface area contributed by atoms with Crippen molar-refractivity contribution < 1.29 is 9.59 Å². The summed E-state index contributed by atoms with van der Waals surface area (Å²) in [6, 6.07) is 0. The van der Waals surface area contributed by atoms with E-state index in [-0.39, 0.29) is 29.7 Å². The maximum atomic E-state index is 12.4. The van der Waals surface area contributed by atoms with Crippen LogP contribution >= 0.6 is 23.1 Å². The van der Waals surface area contributed by atoms with Gasteiger partial charge in [-0.3, -0.25) is 9.59 Å². The van der Waals surface area contributed by atoms with Crippen LogP contribution in [0.2, 0.25) is 0 Å². The Hall–Kier alpha value is -1.15. The molecule has 1 aliphatic rings. The van der Waals surface area contributed by atoms with Gasteiger partial charge in [-0.1, -0.05) is 36.9 Å². The lowest BCUT2D eigenvalue weighted by Crippen LogP contribution is -2.42. The predicted molar refractivity (Wildman–Crippen MR) is 93.7 cm³/mol. The van der Waals surface area contributed by atoms with E-state index in [0.717, 1.165) is 10.8 Å². The van der Waals surface area contributed by atoms with Gasteiger partial charge in [-0.2, -0.15) is 0 Å². The highest BCUT2D eigenvalue weighted by atomic mass is 32.2. The lowest BCUT2D eigenvalue weighted by atomic mass is 10.1. The molecule has 23 heavy (non-hydrogen) atoms. The smallest absolute Gasteiger partial charge is 0.231 e. The Morgan fingerprint density at radius 2 is 2.17 bits per heavy atom. The number of hydrogen-bond donors (Lipinski definition) is 1. The molecule has 2 amide bonds. The second-order valence-corrected chi connectivity index (χ2v) is 9.44. The molecule has 2 rings (SSSR count). The third kappa shape index (κ3) is 4.67. The van der Waals surface area contributed by atoms with Crippen molar-refractivity contribution in [2.45, 2.75) is 62.6 Å². The van der Waals surface area contributed by atoms with E-state index in [4.69, 9.17) is 0 Å². The van der Waals surface area contributed by atoms with E-state index in [9.17, 15) is 9.59 Å². The largest absolute Gasteiger partial charge is 0.337 e. The van der Waals surface area contributed by atoms with Crippen molar-refractivity contribution in [3.8, 4) is 0 Å². The molecule has 6 nitrogen and oxygen atoms in total. The van der Waals surface area contributed by atoms with Crippen LogP contribution in [0.1, 0.15) is 47.5 Å². The van der Waals surface area contributed by atoms with Gasteiger partial charge in [0.05, 0.1) is 5.92 Å².